The third-order valence-electron chi connectivity index (χ3n) is 2.70. The van der Waals surface area contributed by atoms with Gasteiger partial charge in [0, 0.05) is 6.04 Å². The topological polar surface area (TPSA) is 41.1 Å². The smallest absolute Gasteiger partial charge is 0.243 e. The lowest BCUT2D eigenvalue weighted by Crippen LogP contribution is -2.41. The van der Waals surface area contributed by atoms with Gasteiger partial charge in [0.1, 0.15) is 25.5 Å². The third kappa shape index (κ3) is 2.33. The SMILES string of the molecule is OCCn1cc[n+](C[C@@H]2CCCN2)c1. The van der Waals surface area contributed by atoms with Gasteiger partial charge in [0.15, 0.2) is 0 Å². The third-order valence-corrected chi connectivity index (χ3v) is 2.70. The van der Waals surface area contributed by atoms with Crippen molar-refractivity contribution in [3.05, 3.63) is 18.7 Å². The second-order valence-electron chi connectivity index (χ2n) is 3.87. The Bertz CT molecular complexity index is 279. The van der Waals surface area contributed by atoms with Crippen LogP contribution < -0.4 is 9.88 Å². The standard InChI is InChI=1S/C10H18N3O/c14-7-6-12-4-5-13(9-12)8-10-2-1-3-11-10/h4-5,9-11,14H,1-3,6-8H2/q+1/t10-/m0/s1. The first-order valence-electron chi connectivity index (χ1n) is 5.27. The van der Waals surface area contributed by atoms with Crippen LogP contribution in [0.25, 0.3) is 0 Å². The minimum Gasteiger partial charge on any atom is -0.392 e. The summed E-state index contributed by atoms with van der Waals surface area (Å²) in [5.41, 5.74) is 0. The highest BCUT2D eigenvalue weighted by molar-refractivity contribution is 4.72. The number of rotatable bonds is 4. The van der Waals surface area contributed by atoms with E-state index >= 15 is 0 Å². The molecule has 78 valence electrons. The Morgan fingerprint density at radius 1 is 1.57 bits per heavy atom. The van der Waals surface area contributed by atoms with Crippen LogP contribution >= 0.6 is 0 Å². The van der Waals surface area contributed by atoms with Gasteiger partial charge in [-0.1, -0.05) is 0 Å². The Labute approximate surface area is 84.2 Å². The van der Waals surface area contributed by atoms with E-state index in [2.05, 4.69) is 22.4 Å². The molecule has 1 atom stereocenters. The van der Waals surface area contributed by atoms with Gasteiger partial charge in [0.2, 0.25) is 6.33 Å². The van der Waals surface area contributed by atoms with E-state index in [9.17, 15) is 0 Å². The fourth-order valence-electron chi connectivity index (χ4n) is 1.96. The molecule has 1 aliphatic heterocycles. The molecule has 0 bridgehead atoms. The second kappa shape index (κ2) is 4.57. The number of aliphatic hydroxyl groups excluding tert-OH is 1. The summed E-state index contributed by atoms with van der Waals surface area (Å²) in [5, 5.41) is 12.2. The average molecular weight is 196 g/mol. The first-order chi connectivity index (χ1) is 6.88. The Morgan fingerprint density at radius 3 is 3.21 bits per heavy atom. The number of imidazole rings is 1. The molecule has 1 aromatic rings. The van der Waals surface area contributed by atoms with Crippen molar-refractivity contribution < 1.29 is 9.67 Å². The zero-order chi connectivity index (χ0) is 9.80. The zero-order valence-corrected chi connectivity index (χ0v) is 8.39. The Hall–Kier alpha value is -0.870. The average Bonchev–Trinajstić information content (AvgIpc) is 2.79. The number of aromatic nitrogens is 2. The van der Waals surface area contributed by atoms with Crippen molar-refractivity contribution in [1.82, 2.24) is 9.88 Å². The van der Waals surface area contributed by atoms with Gasteiger partial charge in [-0.15, -0.1) is 0 Å². The lowest BCUT2D eigenvalue weighted by atomic mass is 10.2. The molecule has 0 radical (unpaired) electrons. The monoisotopic (exact) mass is 196 g/mol. The summed E-state index contributed by atoms with van der Waals surface area (Å²) in [7, 11) is 0. The number of hydrogen-bond donors (Lipinski definition) is 2. The van der Waals surface area contributed by atoms with Crippen LogP contribution in [0.15, 0.2) is 18.7 Å². The molecule has 2 rings (SSSR count). The van der Waals surface area contributed by atoms with E-state index in [-0.39, 0.29) is 6.61 Å². The van der Waals surface area contributed by atoms with Crippen LogP contribution in [0, 0.1) is 0 Å². The van der Waals surface area contributed by atoms with E-state index in [4.69, 9.17) is 5.11 Å². The van der Waals surface area contributed by atoms with Gasteiger partial charge in [0.05, 0.1) is 6.61 Å². The van der Waals surface area contributed by atoms with Crippen LogP contribution in [0.2, 0.25) is 0 Å². The first-order valence-corrected chi connectivity index (χ1v) is 5.27. The maximum atomic E-state index is 8.77. The highest BCUT2D eigenvalue weighted by Crippen LogP contribution is 2.04. The van der Waals surface area contributed by atoms with Crippen molar-refractivity contribution >= 4 is 0 Å². The fourth-order valence-corrected chi connectivity index (χ4v) is 1.96. The van der Waals surface area contributed by atoms with E-state index in [1.807, 2.05) is 10.8 Å². The minimum absolute atomic E-state index is 0.205. The molecule has 1 saturated heterocycles. The van der Waals surface area contributed by atoms with Crippen LogP contribution in [0.4, 0.5) is 0 Å². The summed E-state index contributed by atoms with van der Waals surface area (Å²) in [6.07, 6.45) is 8.69. The largest absolute Gasteiger partial charge is 0.392 e. The van der Waals surface area contributed by atoms with Crippen molar-refractivity contribution in [1.29, 1.82) is 0 Å². The summed E-state index contributed by atoms with van der Waals surface area (Å²) < 4.78 is 4.19. The molecule has 4 heteroatoms. The van der Waals surface area contributed by atoms with E-state index in [1.165, 1.54) is 12.8 Å². The van der Waals surface area contributed by atoms with Crippen LogP contribution in [-0.2, 0) is 13.1 Å². The summed E-state index contributed by atoms with van der Waals surface area (Å²) in [6, 6.07) is 0.630. The number of nitrogens with one attached hydrogen (secondary N) is 1. The van der Waals surface area contributed by atoms with Gasteiger partial charge >= 0.3 is 0 Å². The summed E-state index contributed by atoms with van der Waals surface area (Å²) in [6.45, 7) is 3.09. The van der Waals surface area contributed by atoms with Crippen LogP contribution in [0.3, 0.4) is 0 Å². The number of nitrogens with zero attached hydrogens (tertiary/aromatic N) is 2. The predicted octanol–water partition coefficient (Wildman–Crippen LogP) is -0.480. The van der Waals surface area contributed by atoms with Gasteiger partial charge in [0.25, 0.3) is 0 Å². The lowest BCUT2D eigenvalue weighted by Gasteiger charge is -2.05. The molecule has 0 aromatic carbocycles. The highest BCUT2D eigenvalue weighted by Gasteiger charge is 2.16. The normalized spacial score (nSPS) is 21.6. The van der Waals surface area contributed by atoms with E-state index < -0.39 is 0 Å². The van der Waals surface area contributed by atoms with Crippen molar-refractivity contribution in [3.63, 3.8) is 0 Å². The minimum atomic E-state index is 0.205. The lowest BCUT2D eigenvalue weighted by molar-refractivity contribution is -0.698. The number of hydrogen-bond acceptors (Lipinski definition) is 2. The summed E-state index contributed by atoms with van der Waals surface area (Å²) in [5.74, 6) is 0. The van der Waals surface area contributed by atoms with Gasteiger partial charge < -0.3 is 10.4 Å². The molecule has 0 amide bonds. The van der Waals surface area contributed by atoms with Crippen molar-refractivity contribution in [2.24, 2.45) is 0 Å². The van der Waals surface area contributed by atoms with Crippen molar-refractivity contribution in [3.8, 4) is 0 Å². The fraction of sp³-hybridized carbons (Fsp3) is 0.700. The zero-order valence-electron chi connectivity index (χ0n) is 8.39. The van der Waals surface area contributed by atoms with Gasteiger partial charge in [-0.25, -0.2) is 9.13 Å². The molecule has 1 aliphatic rings. The van der Waals surface area contributed by atoms with Crippen LogP contribution in [-0.4, -0.2) is 28.9 Å². The molecular formula is C10H18N3O+. The molecule has 0 saturated carbocycles. The molecule has 2 N–H and O–H groups in total. The molecule has 1 fully saturated rings. The number of aliphatic hydroxyl groups is 1. The van der Waals surface area contributed by atoms with E-state index in [1.54, 1.807) is 0 Å². The van der Waals surface area contributed by atoms with E-state index in [0.29, 0.717) is 12.6 Å². The highest BCUT2D eigenvalue weighted by atomic mass is 16.3. The summed E-state index contributed by atoms with van der Waals surface area (Å²) in [4.78, 5) is 0. The molecule has 0 unspecified atom stereocenters. The van der Waals surface area contributed by atoms with Gasteiger partial charge in [-0.05, 0) is 19.4 Å². The molecule has 4 nitrogen and oxygen atoms in total. The maximum absolute atomic E-state index is 8.77. The molecule has 2 heterocycles. The quantitative estimate of drug-likeness (QED) is 0.639. The molecule has 0 spiro atoms. The molecule has 0 aliphatic carbocycles. The van der Waals surface area contributed by atoms with Crippen molar-refractivity contribution in [2.75, 3.05) is 13.2 Å². The van der Waals surface area contributed by atoms with Gasteiger partial charge in [-0.2, -0.15) is 0 Å². The van der Waals surface area contributed by atoms with Crippen molar-refractivity contribution in [2.45, 2.75) is 32.0 Å². The molecule has 1 aromatic heterocycles. The van der Waals surface area contributed by atoms with Crippen LogP contribution in [0.1, 0.15) is 12.8 Å². The Kier molecular flexibility index (Phi) is 3.16. The summed E-state index contributed by atoms with van der Waals surface area (Å²) >= 11 is 0. The molecular weight excluding hydrogens is 178 g/mol. The Morgan fingerprint density at radius 2 is 2.50 bits per heavy atom. The van der Waals surface area contributed by atoms with Crippen LogP contribution in [0.5, 0.6) is 0 Å². The second-order valence-corrected chi connectivity index (χ2v) is 3.87. The maximum Gasteiger partial charge on any atom is 0.243 e. The molecule has 14 heavy (non-hydrogen) atoms. The van der Waals surface area contributed by atoms with Gasteiger partial charge in [-0.3, -0.25) is 0 Å². The van der Waals surface area contributed by atoms with E-state index in [0.717, 1.165) is 13.1 Å². The first kappa shape index (κ1) is 9.68. The predicted molar refractivity (Wildman–Crippen MR) is 52.7 cm³/mol. The Balaban J connectivity index is 1.88.